The zero-order chi connectivity index (χ0) is 37.9. The third kappa shape index (κ3) is 13.3. The normalized spacial score (nSPS) is 10.6. The highest BCUT2D eigenvalue weighted by Crippen LogP contribution is 2.25. The van der Waals surface area contributed by atoms with Crippen LogP contribution in [0.1, 0.15) is 40.1 Å². The van der Waals surface area contributed by atoms with Crippen molar-refractivity contribution in [3.63, 3.8) is 0 Å². The molecule has 3 rings (SSSR count). The fourth-order valence-corrected chi connectivity index (χ4v) is 6.58. The van der Waals surface area contributed by atoms with E-state index >= 15 is 0 Å². The number of nitrogens with two attached hydrogens (primary N) is 1. The number of ether oxygens (including phenoxy) is 2. The lowest BCUT2D eigenvalue weighted by Gasteiger charge is -2.06. The first-order valence-corrected chi connectivity index (χ1v) is 17.9. The van der Waals surface area contributed by atoms with Crippen LogP contribution in [0.15, 0.2) is 70.0 Å². The second kappa shape index (κ2) is 18.5. The molecule has 3 aromatic carbocycles. The Morgan fingerprint density at radius 3 is 1.61 bits per heavy atom. The molecule has 3 N–H and O–H groups in total. The molecule has 0 radical (unpaired) electrons. The van der Waals surface area contributed by atoms with Crippen molar-refractivity contribution < 1.29 is 55.4 Å². The van der Waals surface area contributed by atoms with Gasteiger partial charge in [0.15, 0.2) is 37.0 Å². The van der Waals surface area contributed by atoms with Gasteiger partial charge in [-0.15, -0.1) is 0 Å². The largest absolute Gasteiger partial charge is 0.480 e. The standard InChI is InChI=1S/C13H13ClO4S.C10H9ClO6S.C8H8ClNO2/c1-8(15)11(9(2)16)6-10-4-5-12(14)13(7-10)19(3,17)18;1-17-10(14)6-2-3-7(11)8(4-6)18(15,16)5-9(12)13;1-12-8(11)5-2-3-6(9)7(10)4-5/h4-7H,1-3H3;2-4H,5H2,1H3,(H,12,13);2-4H,10H2,1H3. The van der Waals surface area contributed by atoms with E-state index in [1.54, 1.807) is 18.2 Å². The van der Waals surface area contributed by atoms with Gasteiger partial charge in [0.05, 0.1) is 61.5 Å². The number of carboxylic acid groups (broad SMARTS) is 1. The molecule has 0 heterocycles. The summed E-state index contributed by atoms with van der Waals surface area (Å²) in [5.41, 5.74) is 6.68. The summed E-state index contributed by atoms with van der Waals surface area (Å²) < 4.78 is 55.4. The number of carbonyl (C=O) groups is 5. The van der Waals surface area contributed by atoms with Gasteiger partial charge in [-0.3, -0.25) is 14.4 Å². The van der Waals surface area contributed by atoms with Crippen molar-refractivity contribution in [2.75, 3.05) is 32.0 Å². The van der Waals surface area contributed by atoms with Gasteiger partial charge in [-0.1, -0.05) is 40.9 Å². The number of rotatable bonds is 9. The van der Waals surface area contributed by atoms with Gasteiger partial charge in [0.2, 0.25) is 0 Å². The van der Waals surface area contributed by atoms with Crippen LogP contribution in [0.2, 0.25) is 15.1 Å². The van der Waals surface area contributed by atoms with Crippen LogP contribution in [0.25, 0.3) is 6.08 Å². The molecule has 0 amide bonds. The van der Waals surface area contributed by atoms with E-state index in [2.05, 4.69) is 9.47 Å². The van der Waals surface area contributed by atoms with E-state index in [-0.39, 0.29) is 37.6 Å². The van der Waals surface area contributed by atoms with Gasteiger partial charge in [-0.05, 0) is 74.0 Å². The van der Waals surface area contributed by atoms with Crippen molar-refractivity contribution in [1.82, 2.24) is 0 Å². The molecule has 0 fully saturated rings. The van der Waals surface area contributed by atoms with E-state index in [0.29, 0.717) is 21.8 Å². The Labute approximate surface area is 297 Å². The lowest BCUT2D eigenvalue weighted by atomic mass is 10.0. The van der Waals surface area contributed by atoms with Crippen LogP contribution < -0.4 is 5.73 Å². The quantitative estimate of drug-likeness (QED) is 0.0962. The predicted molar refractivity (Wildman–Crippen MR) is 184 cm³/mol. The second-order valence-corrected chi connectivity index (χ2v) is 14.8. The van der Waals surface area contributed by atoms with E-state index in [4.69, 9.17) is 45.6 Å². The number of esters is 2. The van der Waals surface area contributed by atoms with Gasteiger partial charge in [-0.25, -0.2) is 26.4 Å². The van der Waals surface area contributed by atoms with Crippen LogP contribution >= 0.6 is 34.8 Å². The third-order valence-electron chi connectivity index (χ3n) is 5.84. The molecule has 0 aliphatic rings. The Morgan fingerprint density at radius 2 is 1.18 bits per heavy atom. The summed E-state index contributed by atoms with van der Waals surface area (Å²) in [4.78, 5) is 54.8. The molecule has 0 unspecified atom stereocenters. The fraction of sp³-hybridized carbons (Fsp3) is 0.194. The summed E-state index contributed by atoms with van der Waals surface area (Å²) in [5.74, 6) is -4.50. The molecule has 0 saturated carbocycles. The number of hydrogen-bond donors (Lipinski definition) is 2. The Kier molecular flexibility index (Phi) is 16.1. The monoisotopic (exact) mass is 777 g/mol. The zero-order valence-corrected chi connectivity index (χ0v) is 30.3. The maximum absolute atomic E-state index is 11.7. The lowest BCUT2D eigenvalue weighted by Crippen LogP contribution is -2.16. The van der Waals surface area contributed by atoms with E-state index in [9.17, 15) is 40.8 Å². The molecule has 0 aliphatic carbocycles. The number of ketones is 2. The van der Waals surface area contributed by atoms with E-state index in [1.807, 2.05) is 0 Å². The molecular weight excluding hydrogens is 749 g/mol. The number of allylic oxidation sites excluding steroid dienone is 1. The number of methoxy groups -OCH3 is 2. The van der Waals surface area contributed by atoms with Crippen molar-refractivity contribution in [2.24, 2.45) is 0 Å². The van der Waals surface area contributed by atoms with Crippen LogP contribution in [0.4, 0.5) is 5.69 Å². The fourth-order valence-electron chi connectivity index (χ4n) is 3.53. The van der Waals surface area contributed by atoms with E-state index in [1.165, 1.54) is 57.4 Å². The van der Waals surface area contributed by atoms with E-state index < -0.39 is 48.2 Å². The average Bonchev–Trinajstić information content (AvgIpc) is 3.00. The summed E-state index contributed by atoms with van der Waals surface area (Å²) in [6, 6.07) is 12.4. The number of aliphatic carboxylic acids is 1. The van der Waals surface area contributed by atoms with Gasteiger partial charge in [-0.2, -0.15) is 0 Å². The Bertz CT molecular complexity index is 2010. The zero-order valence-electron chi connectivity index (χ0n) is 26.4. The van der Waals surface area contributed by atoms with Crippen molar-refractivity contribution in [1.29, 1.82) is 0 Å². The van der Waals surface area contributed by atoms with Gasteiger partial charge >= 0.3 is 17.9 Å². The van der Waals surface area contributed by atoms with Gasteiger partial charge in [0, 0.05) is 6.26 Å². The minimum absolute atomic E-state index is 0.0155. The highest BCUT2D eigenvalue weighted by Gasteiger charge is 2.23. The molecule has 49 heavy (non-hydrogen) atoms. The molecule has 0 bridgehead atoms. The van der Waals surface area contributed by atoms with Crippen molar-refractivity contribution in [3.8, 4) is 0 Å². The Morgan fingerprint density at radius 1 is 0.735 bits per heavy atom. The second-order valence-electron chi connectivity index (χ2n) is 9.65. The van der Waals surface area contributed by atoms with Gasteiger partial charge in [0.25, 0.3) is 0 Å². The third-order valence-corrected chi connectivity index (χ3v) is 9.84. The molecule has 3 aromatic rings. The highest BCUT2D eigenvalue weighted by atomic mass is 35.5. The first-order chi connectivity index (χ1) is 22.5. The predicted octanol–water partition coefficient (Wildman–Crippen LogP) is 5.00. The minimum atomic E-state index is -4.09. The molecule has 264 valence electrons. The molecular formula is C31H30Cl3NO12S2. The van der Waals surface area contributed by atoms with Gasteiger partial charge in [0.1, 0.15) is 0 Å². The topological polar surface area (TPSA) is 218 Å². The SMILES string of the molecule is CC(=O)C(=Cc1ccc(Cl)c(S(C)(=O)=O)c1)C(C)=O.COC(=O)c1ccc(Cl)c(N)c1.COC(=O)c1ccc(Cl)c(S(=O)(=O)CC(=O)O)c1. The van der Waals surface area contributed by atoms with Crippen LogP contribution in [0, 0.1) is 0 Å². The minimum Gasteiger partial charge on any atom is -0.480 e. The number of Topliss-reactive ketones (excluding diaryl/α,β-unsaturated/α-hetero) is 2. The summed E-state index contributed by atoms with van der Waals surface area (Å²) in [6.07, 6.45) is 2.40. The maximum atomic E-state index is 11.7. The smallest absolute Gasteiger partial charge is 0.337 e. The molecule has 0 spiro atoms. The number of hydrogen-bond acceptors (Lipinski definition) is 12. The number of sulfone groups is 2. The molecule has 0 aliphatic heterocycles. The highest BCUT2D eigenvalue weighted by molar-refractivity contribution is 7.92. The number of anilines is 1. The summed E-state index contributed by atoms with van der Waals surface area (Å²) in [7, 11) is -5.10. The van der Waals surface area contributed by atoms with Gasteiger partial charge < -0.3 is 20.3 Å². The number of carbonyl (C=O) groups excluding carboxylic acids is 4. The first-order valence-electron chi connectivity index (χ1n) is 13.2. The molecule has 0 saturated heterocycles. The molecule has 13 nitrogen and oxygen atoms in total. The summed E-state index contributed by atoms with van der Waals surface area (Å²) in [5, 5.41) is 8.90. The van der Waals surface area contributed by atoms with E-state index in [0.717, 1.165) is 19.4 Å². The van der Waals surface area contributed by atoms with Crippen LogP contribution in [-0.2, 0) is 43.5 Å². The first kappa shape index (κ1) is 42.7. The Hall–Kier alpha value is -4.28. The number of carboxylic acids is 1. The van der Waals surface area contributed by atoms with Crippen molar-refractivity contribution in [3.05, 3.63) is 91.9 Å². The Balaban J connectivity index is 0.000000377. The maximum Gasteiger partial charge on any atom is 0.337 e. The lowest BCUT2D eigenvalue weighted by molar-refractivity contribution is -0.134. The van der Waals surface area contributed by atoms with Crippen LogP contribution in [0.3, 0.4) is 0 Å². The van der Waals surface area contributed by atoms with Crippen molar-refractivity contribution in [2.45, 2.75) is 23.6 Å². The van der Waals surface area contributed by atoms with Crippen LogP contribution in [0.5, 0.6) is 0 Å². The average molecular weight is 779 g/mol. The number of benzene rings is 3. The molecule has 0 aromatic heterocycles. The summed E-state index contributed by atoms with van der Waals surface area (Å²) >= 11 is 17.1. The summed E-state index contributed by atoms with van der Waals surface area (Å²) in [6.45, 7) is 2.56. The molecule has 0 atom stereocenters. The molecule has 18 heteroatoms. The van der Waals surface area contributed by atoms with Crippen LogP contribution in [-0.4, -0.2) is 77.6 Å². The number of nitrogen functional groups attached to an aromatic ring is 1. The number of halogens is 3. The van der Waals surface area contributed by atoms with Crippen molar-refractivity contribution >= 4 is 95.7 Å².